The molecule has 2 rings (SSSR count). The fourth-order valence-corrected chi connectivity index (χ4v) is 2.29. The second kappa shape index (κ2) is 7.08. The zero-order valence-corrected chi connectivity index (χ0v) is 12.0. The topological polar surface area (TPSA) is 81.9 Å². The SMILES string of the molecule is CCOC(=O)[C@H]1CN(C(=O)OCc2ccccc2)C[C@@H]1N. The lowest BCUT2D eigenvalue weighted by atomic mass is 10.1. The highest BCUT2D eigenvalue weighted by atomic mass is 16.6. The van der Waals surface area contributed by atoms with E-state index in [9.17, 15) is 9.59 Å². The Bertz CT molecular complexity index is 492. The van der Waals surface area contributed by atoms with E-state index < -0.39 is 18.1 Å². The highest BCUT2D eigenvalue weighted by Crippen LogP contribution is 2.18. The molecule has 1 aromatic rings. The quantitative estimate of drug-likeness (QED) is 0.842. The molecule has 1 aliphatic rings. The van der Waals surface area contributed by atoms with Crippen molar-refractivity contribution in [2.45, 2.75) is 19.6 Å². The molecule has 21 heavy (non-hydrogen) atoms. The second-order valence-electron chi connectivity index (χ2n) is 4.97. The number of hydrogen-bond donors (Lipinski definition) is 1. The van der Waals surface area contributed by atoms with E-state index >= 15 is 0 Å². The van der Waals surface area contributed by atoms with Crippen LogP contribution in [0.25, 0.3) is 0 Å². The molecule has 114 valence electrons. The molecule has 1 heterocycles. The summed E-state index contributed by atoms with van der Waals surface area (Å²) in [6.07, 6.45) is -0.457. The molecular formula is C15H20N2O4. The molecule has 1 amide bonds. The van der Waals surface area contributed by atoms with E-state index in [2.05, 4.69) is 0 Å². The van der Waals surface area contributed by atoms with Crippen LogP contribution in [0.4, 0.5) is 4.79 Å². The summed E-state index contributed by atoms with van der Waals surface area (Å²) in [7, 11) is 0. The van der Waals surface area contributed by atoms with Crippen molar-refractivity contribution in [1.82, 2.24) is 4.90 Å². The van der Waals surface area contributed by atoms with Crippen molar-refractivity contribution in [2.75, 3.05) is 19.7 Å². The van der Waals surface area contributed by atoms with Crippen molar-refractivity contribution >= 4 is 12.1 Å². The molecule has 0 aliphatic carbocycles. The van der Waals surface area contributed by atoms with Gasteiger partial charge in [-0.25, -0.2) is 4.79 Å². The number of nitrogens with zero attached hydrogens (tertiary/aromatic N) is 1. The van der Waals surface area contributed by atoms with Crippen LogP contribution in [0.2, 0.25) is 0 Å². The first-order valence-corrected chi connectivity index (χ1v) is 6.99. The molecule has 0 saturated carbocycles. The highest BCUT2D eigenvalue weighted by molar-refractivity contribution is 5.76. The van der Waals surface area contributed by atoms with Crippen molar-refractivity contribution in [3.8, 4) is 0 Å². The van der Waals surface area contributed by atoms with Crippen molar-refractivity contribution < 1.29 is 19.1 Å². The third-order valence-corrected chi connectivity index (χ3v) is 3.42. The van der Waals surface area contributed by atoms with Gasteiger partial charge in [-0.15, -0.1) is 0 Å². The van der Waals surface area contributed by atoms with Crippen molar-refractivity contribution in [2.24, 2.45) is 11.7 Å². The van der Waals surface area contributed by atoms with Gasteiger partial charge in [0.05, 0.1) is 12.5 Å². The Kier molecular flexibility index (Phi) is 5.16. The van der Waals surface area contributed by atoms with Gasteiger partial charge in [-0.3, -0.25) is 4.79 Å². The van der Waals surface area contributed by atoms with Crippen LogP contribution in [0.15, 0.2) is 30.3 Å². The number of carbonyl (C=O) groups excluding carboxylic acids is 2. The molecule has 1 saturated heterocycles. The molecule has 0 radical (unpaired) electrons. The summed E-state index contributed by atoms with van der Waals surface area (Å²) >= 11 is 0. The summed E-state index contributed by atoms with van der Waals surface area (Å²) in [5.74, 6) is -0.836. The maximum atomic E-state index is 12.0. The Morgan fingerprint density at radius 2 is 1.95 bits per heavy atom. The number of likely N-dealkylation sites (tertiary alicyclic amines) is 1. The summed E-state index contributed by atoms with van der Waals surface area (Å²) < 4.78 is 10.2. The summed E-state index contributed by atoms with van der Waals surface area (Å²) in [5.41, 5.74) is 6.81. The predicted octanol–water partition coefficient (Wildman–Crippen LogP) is 1.15. The van der Waals surface area contributed by atoms with Gasteiger partial charge >= 0.3 is 12.1 Å². The van der Waals surface area contributed by atoms with Gasteiger partial charge < -0.3 is 20.1 Å². The van der Waals surface area contributed by atoms with Crippen molar-refractivity contribution in [1.29, 1.82) is 0 Å². The fourth-order valence-electron chi connectivity index (χ4n) is 2.29. The highest BCUT2D eigenvalue weighted by Gasteiger charge is 2.39. The molecular weight excluding hydrogens is 272 g/mol. The van der Waals surface area contributed by atoms with Gasteiger partial charge in [0, 0.05) is 19.1 Å². The van der Waals surface area contributed by atoms with Crippen LogP contribution in [0.5, 0.6) is 0 Å². The van der Waals surface area contributed by atoms with E-state index in [1.165, 1.54) is 4.90 Å². The third kappa shape index (κ3) is 3.95. The van der Waals surface area contributed by atoms with E-state index in [1.54, 1.807) is 6.92 Å². The monoisotopic (exact) mass is 292 g/mol. The molecule has 1 fully saturated rings. The Morgan fingerprint density at radius 1 is 1.24 bits per heavy atom. The molecule has 2 atom stereocenters. The van der Waals surface area contributed by atoms with E-state index in [1.807, 2.05) is 30.3 Å². The van der Waals surface area contributed by atoms with Gasteiger partial charge in [-0.2, -0.15) is 0 Å². The normalized spacial score (nSPS) is 21.1. The smallest absolute Gasteiger partial charge is 0.410 e. The Hall–Kier alpha value is -2.08. The summed E-state index contributed by atoms with van der Waals surface area (Å²) in [5, 5.41) is 0. The Balaban J connectivity index is 1.85. The van der Waals surface area contributed by atoms with E-state index in [4.69, 9.17) is 15.2 Å². The average molecular weight is 292 g/mol. The lowest BCUT2D eigenvalue weighted by Crippen LogP contribution is -2.35. The minimum Gasteiger partial charge on any atom is -0.466 e. The Morgan fingerprint density at radius 3 is 2.62 bits per heavy atom. The predicted molar refractivity (Wildman–Crippen MR) is 76.3 cm³/mol. The zero-order valence-electron chi connectivity index (χ0n) is 12.0. The van der Waals surface area contributed by atoms with Gasteiger partial charge in [0.25, 0.3) is 0 Å². The van der Waals surface area contributed by atoms with Crippen molar-refractivity contribution in [3.05, 3.63) is 35.9 Å². The number of benzene rings is 1. The first kappa shape index (κ1) is 15.3. The first-order chi connectivity index (χ1) is 10.1. The van der Waals surface area contributed by atoms with E-state index in [0.29, 0.717) is 13.2 Å². The first-order valence-electron chi connectivity index (χ1n) is 6.99. The molecule has 0 spiro atoms. The minimum absolute atomic E-state index is 0.204. The number of nitrogens with two attached hydrogens (primary N) is 1. The van der Waals surface area contributed by atoms with Crippen LogP contribution in [0, 0.1) is 5.92 Å². The van der Waals surface area contributed by atoms with Gasteiger partial charge in [0.1, 0.15) is 6.61 Å². The van der Waals surface area contributed by atoms with Gasteiger partial charge in [0.15, 0.2) is 0 Å². The number of ether oxygens (including phenoxy) is 2. The minimum atomic E-state index is -0.478. The summed E-state index contributed by atoms with van der Waals surface area (Å²) in [6.45, 7) is 2.80. The van der Waals surface area contributed by atoms with E-state index in [0.717, 1.165) is 5.56 Å². The van der Waals surface area contributed by atoms with E-state index in [-0.39, 0.29) is 19.1 Å². The largest absolute Gasteiger partial charge is 0.466 e. The Labute approximate surface area is 123 Å². The molecule has 0 bridgehead atoms. The molecule has 2 N–H and O–H groups in total. The number of rotatable bonds is 4. The lowest BCUT2D eigenvalue weighted by Gasteiger charge is -2.15. The number of carbonyl (C=O) groups is 2. The third-order valence-electron chi connectivity index (χ3n) is 3.42. The van der Waals surface area contributed by atoms with Crippen LogP contribution in [0.3, 0.4) is 0 Å². The lowest BCUT2D eigenvalue weighted by molar-refractivity contribution is -0.147. The summed E-state index contributed by atoms with van der Waals surface area (Å²) in [4.78, 5) is 25.2. The standard InChI is InChI=1S/C15H20N2O4/c1-2-20-14(18)12-8-17(9-13(12)16)15(19)21-10-11-6-4-3-5-7-11/h3-7,12-13H,2,8-10,16H2,1H3/t12-,13-/m0/s1. The molecule has 0 aromatic heterocycles. The summed E-state index contributed by atoms with van der Waals surface area (Å²) in [6, 6.07) is 9.01. The van der Waals surface area contributed by atoms with Gasteiger partial charge in [0.2, 0.25) is 0 Å². The number of hydrogen-bond acceptors (Lipinski definition) is 5. The van der Waals surface area contributed by atoms with Crippen LogP contribution >= 0.6 is 0 Å². The molecule has 6 nitrogen and oxygen atoms in total. The number of amides is 1. The molecule has 6 heteroatoms. The van der Waals surface area contributed by atoms with Crippen LogP contribution in [-0.4, -0.2) is 42.7 Å². The molecule has 1 aromatic carbocycles. The van der Waals surface area contributed by atoms with Crippen molar-refractivity contribution in [3.63, 3.8) is 0 Å². The van der Waals surface area contributed by atoms with Gasteiger partial charge in [-0.1, -0.05) is 30.3 Å². The average Bonchev–Trinajstić information content (AvgIpc) is 2.88. The van der Waals surface area contributed by atoms with Crippen LogP contribution < -0.4 is 5.73 Å². The second-order valence-corrected chi connectivity index (χ2v) is 4.97. The number of esters is 1. The fraction of sp³-hybridized carbons (Fsp3) is 0.467. The maximum Gasteiger partial charge on any atom is 0.410 e. The van der Waals surface area contributed by atoms with Crippen LogP contribution in [0.1, 0.15) is 12.5 Å². The molecule has 0 unspecified atom stereocenters. The maximum absolute atomic E-state index is 12.0. The molecule has 1 aliphatic heterocycles. The van der Waals surface area contributed by atoms with Gasteiger partial charge in [-0.05, 0) is 12.5 Å². The van der Waals surface area contributed by atoms with Crippen LogP contribution in [-0.2, 0) is 20.9 Å². The zero-order chi connectivity index (χ0) is 15.2.